The first-order valence-corrected chi connectivity index (χ1v) is 9.36. The maximum atomic E-state index is 11.5. The van der Waals surface area contributed by atoms with Crippen LogP contribution in [0.15, 0.2) is 29.3 Å². The predicted molar refractivity (Wildman–Crippen MR) is 106 cm³/mol. The molecule has 1 aromatic carbocycles. The Morgan fingerprint density at radius 3 is 2.32 bits per heavy atom. The van der Waals surface area contributed by atoms with Gasteiger partial charge in [-0.3, -0.25) is 9.79 Å². The van der Waals surface area contributed by atoms with Crippen LogP contribution in [0.4, 0.5) is 0 Å². The smallest absolute Gasteiger partial charge is 0.221 e. The molecule has 0 saturated carbocycles. The van der Waals surface area contributed by atoms with E-state index >= 15 is 0 Å². The minimum absolute atomic E-state index is 0.0784. The quantitative estimate of drug-likeness (QED) is 0.347. The summed E-state index contributed by atoms with van der Waals surface area (Å²) in [6, 6.07) is 8.88. The van der Waals surface area contributed by atoms with Gasteiger partial charge in [-0.1, -0.05) is 45.0 Å². The van der Waals surface area contributed by atoms with Gasteiger partial charge in [-0.25, -0.2) is 0 Å². The fraction of sp³-hybridized carbons (Fsp3) is 0.600. The van der Waals surface area contributed by atoms with E-state index in [1.165, 1.54) is 11.1 Å². The van der Waals surface area contributed by atoms with Crippen molar-refractivity contribution < 1.29 is 4.79 Å². The highest BCUT2D eigenvalue weighted by Crippen LogP contribution is 2.15. The van der Waals surface area contributed by atoms with Crippen LogP contribution < -0.4 is 16.0 Å². The molecule has 0 bridgehead atoms. The van der Waals surface area contributed by atoms with Crippen molar-refractivity contribution in [1.82, 2.24) is 16.0 Å². The number of guanidine groups is 1. The number of aryl methyl sites for hydroxylation is 1. The summed E-state index contributed by atoms with van der Waals surface area (Å²) in [5.74, 6) is 1.40. The number of carbonyl (C=O) groups excluding carboxylic acids is 1. The lowest BCUT2D eigenvalue weighted by Crippen LogP contribution is -2.39. The summed E-state index contributed by atoms with van der Waals surface area (Å²) < 4.78 is 0. The van der Waals surface area contributed by atoms with Crippen LogP contribution in [0.5, 0.6) is 0 Å². The molecule has 0 saturated heterocycles. The van der Waals surface area contributed by atoms with Crippen LogP contribution in [0.25, 0.3) is 0 Å². The van der Waals surface area contributed by atoms with Crippen LogP contribution in [-0.2, 0) is 11.2 Å². The lowest BCUT2D eigenvalue weighted by Gasteiger charge is -2.12. The molecule has 140 valence electrons. The van der Waals surface area contributed by atoms with Gasteiger partial charge in [-0.05, 0) is 36.3 Å². The number of aliphatic imine (C=N–C) groups is 1. The topological polar surface area (TPSA) is 65.5 Å². The third-order valence-electron chi connectivity index (χ3n) is 4.02. The Labute approximate surface area is 152 Å². The van der Waals surface area contributed by atoms with Gasteiger partial charge >= 0.3 is 0 Å². The second-order valence-corrected chi connectivity index (χ2v) is 6.53. The van der Waals surface area contributed by atoms with E-state index in [4.69, 9.17) is 0 Å². The Morgan fingerprint density at radius 1 is 1.04 bits per heavy atom. The molecule has 1 rings (SSSR count). The molecule has 0 aliphatic rings. The van der Waals surface area contributed by atoms with E-state index < -0.39 is 0 Å². The van der Waals surface area contributed by atoms with Gasteiger partial charge in [-0.15, -0.1) is 0 Å². The summed E-state index contributed by atoms with van der Waals surface area (Å²) >= 11 is 0. The lowest BCUT2D eigenvalue weighted by molar-refractivity contribution is -0.120. The fourth-order valence-electron chi connectivity index (χ4n) is 2.44. The molecule has 0 aliphatic heterocycles. The maximum absolute atomic E-state index is 11.5. The fourth-order valence-corrected chi connectivity index (χ4v) is 2.44. The number of amides is 1. The third kappa shape index (κ3) is 9.13. The van der Waals surface area contributed by atoms with E-state index in [9.17, 15) is 4.79 Å². The zero-order valence-corrected chi connectivity index (χ0v) is 16.2. The van der Waals surface area contributed by atoms with Crippen molar-refractivity contribution in [2.75, 3.05) is 26.7 Å². The summed E-state index contributed by atoms with van der Waals surface area (Å²) in [5.41, 5.74) is 2.75. The molecule has 0 heterocycles. The highest BCUT2D eigenvalue weighted by atomic mass is 16.1. The van der Waals surface area contributed by atoms with E-state index in [1.807, 2.05) is 6.92 Å². The predicted octanol–water partition coefficient (Wildman–Crippen LogP) is 2.82. The molecular formula is C20H34N4O. The van der Waals surface area contributed by atoms with Gasteiger partial charge in [0.25, 0.3) is 0 Å². The average molecular weight is 347 g/mol. The molecule has 0 radical (unpaired) electrons. The number of nitrogens with zero attached hydrogens (tertiary/aromatic N) is 1. The van der Waals surface area contributed by atoms with Crippen LogP contribution in [0.2, 0.25) is 0 Å². The number of nitrogens with one attached hydrogen (secondary N) is 3. The maximum Gasteiger partial charge on any atom is 0.221 e. The first-order valence-electron chi connectivity index (χ1n) is 9.36. The average Bonchev–Trinajstić information content (AvgIpc) is 2.62. The molecular weight excluding hydrogens is 312 g/mol. The Kier molecular flexibility index (Phi) is 10.4. The van der Waals surface area contributed by atoms with Crippen molar-refractivity contribution >= 4 is 11.9 Å². The van der Waals surface area contributed by atoms with Crippen LogP contribution in [-0.4, -0.2) is 38.5 Å². The van der Waals surface area contributed by atoms with Gasteiger partial charge in [0.15, 0.2) is 5.96 Å². The Balaban J connectivity index is 2.19. The SMILES string of the molecule is CCCNC(=O)CCNC(=NC)NCCCc1ccc(C(C)C)cc1. The van der Waals surface area contributed by atoms with Crippen molar-refractivity contribution in [3.05, 3.63) is 35.4 Å². The molecule has 1 amide bonds. The first-order chi connectivity index (χ1) is 12.1. The molecule has 0 atom stereocenters. The van der Waals surface area contributed by atoms with Crippen LogP contribution in [0.3, 0.4) is 0 Å². The van der Waals surface area contributed by atoms with E-state index in [0.717, 1.165) is 38.3 Å². The lowest BCUT2D eigenvalue weighted by atomic mass is 10.0. The number of benzene rings is 1. The number of carbonyl (C=O) groups is 1. The van der Waals surface area contributed by atoms with Crippen molar-refractivity contribution in [3.8, 4) is 0 Å². The molecule has 5 heteroatoms. The molecule has 0 spiro atoms. The zero-order valence-electron chi connectivity index (χ0n) is 16.2. The summed E-state index contributed by atoms with van der Waals surface area (Å²) in [6.45, 7) is 8.66. The summed E-state index contributed by atoms with van der Waals surface area (Å²) in [4.78, 5) is 15.7. The largest absolute Gasteiger partial charge is 0.356 e. The highest BCUT2D eigenvalue weighted by molar-refractivity contribution is 5.81. The molecule has 25 heavy (non-hydrogen) atoms. The zero-order chi connectivity index (χ0) is 18.5. The van der Waals surface area contributed by atoms with Crippen molar-refractivity contribution in [3.63, 3.8) is 0 Å². The van der Waals surface area contributed by atoms with Crippen molar-refractivity contribution in [1.29, 1.82) is 0 Å². The van der Waals surface area contributed by atoms with Crippen molar-refractivity contribution in [2.24, 2.45) is 4.99 Å². The molecule has 0 aliphatic carbocycles. The van der Waals surface area contributed by atoms with E-state index in [1.54, 1.807) is 7.05 Å². The Bertz CT molecular complexity index is 523. The molecule has 0 aromatic heterocycles. The van der Waals surface area contributed by atoms with Gasteiger partial charge in [0, 0.05) is 33.1 Å². The number of hydrogen-bond donors (Lipinski definition) is 3. The highest BCUT2D eigenvalue weighted by Gasteiger charge is 2.02. The van der Waals surface area contributed by atoms with Gasteiger partial charge < -0.3 is 16.0 Å². The second-order valence-electron chi connectivity index (χ2n) is 6.53. The van der Waals surface area contributed by atoms with Crippen molar-refractivity contribution in [2.45, 2.75) is 52.4 Å². The Morgan fingerprint density at radius 2 is 1.72 bits per heavy atom. The first kappa shape index (κ1) is 21.0. The minimum atomic E-state index is 0.0784. The monoisotopic (exact) mass is 346 g/mol. The van der Waals surface area contributed by atoms with Crippen LogP contribution in [0.1, 0.15) is 57.1 Å². The third-order valence-corrected chi connectivity index (χ3v) is 4.02. The normalized spacial score (nSPS) is 11.5. The second kappa shape index (κ2) is 12.3. The van der Waals surface area contributed by atoms with E-state index in [-0.39, 0.29) is 5.91 Å². The van der Waals surface area contributed by atoms with E-state index in [0.29, 0.717) is 18.9 Å². The van der Waals surface area contributed by atoms with Crippen LogP contribution >= 0.6 is 0 Å². The number of hydrogen-bond acceptors (Lipinski definition) is 2. The minimum Gasteiger partial charge on any atom is -0.356 e. The van der Waals surface area contributed by atoms with E-state index in [2.05, 4.69) is 59.1 Å². The molecule has 3 N–H and O–H groups in total. The van der Waals surface area contributed by atoms with Gasteiger partial charge in [0.05, 0.1) is 0 Å². The summed E-state index contributed by atoms with van der Waals surface area (Å²) in [5, 5.41) is 9.33. The van der Waals surface area contributed by atoms with Gasteiger partial charge in [0.1, 0.15) is 0 Å². The number of rotatable bonds is 10. The molecule has 1 aromatic rings. The molecule has 5 nitrogen and oxygen atoms in total. The Hall–Kier alpha value is -2.04. The van der Waals surface area contributed by atoms with Gasteiger partial charge in [0.2, 0.25) is 5.91 Å². The standard InChI is InChI=1S/C20H34N4O/c1-5-13-22-19(25)12-15-24-20(21-4)23-14-6-7-17-8-10-18(11-9-17)16(2)3/h8-11,16H,5-7,12-15H2,1-4H3,(H,22,25)(H2,21,23,24). The molecule has 0 unspecified atom stereocenters. The van der Waals surface area contributed by atoms with Gasteiger partial charge in [-0.2, -0.15) is 0 Å². The summed E-state index contributed by atoms with van der Waals surface area (Å²) in [6.07, 6.45) is 3.51. The van der Waals surface area contributed by atoms with Crippen LogP contribution in [0, 0.1) is 0 Å². The summed E-state index contributed by atoms with van der Waals surface area (Å²) in [7, 11) is 1.75. The molecule has 0 fully saturated rings.